The van der Waals surface area contributed by atoms with Crippen molar-refractivity contribution in [2.24, 2.45) is 5.92 Å². The summed E-state index contributed by atoms with van der Waals surface area (Å²) in [7, 11) is 0. The summed E-state index contributed by atoms with van der Waals surface area (Å²) in [6.45, 7) is 0.523. The molecule has 1 atom stereocenters. The Morgan fingerprint density at radius 3 is 2.67 bits per heavy atom. The van der Waals surface area contributed by atoms with Gasteiger partial charge >= 0.3 is 6.09 Å². The number of hydrogen-bond donors (Lipinski definition) is 2. The molecule has 0 bridgehead atoms. The molecule has 1 aromatic rings. The van der Waals surface area contributed by atoms with Crippen LogP contribution in [0.3, 0.4) is 0 Å². The highest BCUT2D eigenvalue weighted by Crippen LogP contribution is 2.27. The lowest BCUT2D eigenvalue weighted by molar-refractivity contribution is 0.110. The minimum absolute atomic E-state index is 0.255. The minimum Gasteiger partial charge on any atom is -0.445 e. The predicted molar refractivity (Wildman–Crippen MR) is 81.8 cm³/mol. The molecule has 1 aromatic carbocycles. The van der Waals surface area contributed by atoms with E-state index in [0.717, 1.165) is 12.0 Å². The van der Waals surface area contributed by atoms with Gasteiger partial charge in [-0.1, -0.05) is 62.4 Å². The Morgan fingerprint density at radius 2 is 1.95 bits per heavy atom. The van der Waals surface area contributed by atoms with Gasteiger partial charge in [0.05, 0.1) is 6.10 Å². The predicted octanol–water partition coefficient (Wildman–Crippen LogP) is 3.24. The Labute approximate surface area is 126 Å². The standard InChI is InChI=1S/C17H25NO3/c19-16(11-14-7-3-1-4-8-14)12-18-17(20)21-13-15-9-5-2-6-10-15/h2,5-6,9-10,14,16,19H,1,3-4,7-8,11-13H2,(H,18,20). The van der Waals surface area contributed by atoms with Crippen molar-refractivity contribution in [1.82, 2.24) is 5.32 Å². The number of carbonyl (C=O) groups is 1. The Kier molecular flexibility index (Phi) is 6.54. The maximum atomic E-state index is 11.6. The molecule has 2 rings (SSSR count). The van der Waals surface area contributed by atoms with Crippen molar-refractivity contribution in [3.05, 3.63) is 35.9 Å². The Bertz CT molecular complexity index is 415. The molecule has 1 amide bonds. The van der Waals surface area contributed by atoms with E-state index in [1.165, 1.54) is 32.1 Å². The molecule has 4 nitrogen and oxygen atoms in total. The lowest BCUT2D eigenvalue weighted by Crippen LogP contribution is -2.33. The molecule has 0 spiro atoms. The normalized spacial score (nSPS) is 17.2. The fraction of sp³-hybridized carbons (Fsp3) is 0.588. The molecule has 1 fully saturated rings. The molecule has 1 unspecified atom stereocenters. The third-order valence-electron chi connectivity index (χ3n) is 4.02. The zero-order valence-corrected chi connectivity index (χ0v) is 12.5. The molecule has 0 heterocycles. The Balaban J connectivity index is 1.59. The average Bonchev–Trinajstić information content (AvgIpc) is 2.53. The quantitative estimate of drug-likeness (QED) is 0.846. The zero-order valence-electron chi connectivity index (χ0n) is 12.5. The molecular formula is C17H25NO3. The van der Waals surface area contributed by atoms with Gasteiger partial charge in [-0.25, -0.2) is 4.79 Å². The zero-order chi connectivity index (χ0) is 14.9. The Morgan fingerprint density at radius 1 is 1.24 bits per heavy atom. The lowest BCUT2D eigenvalue weighted by atomic mass is 9.85. The molecule has 4 heteroatoms. The molecule has 0 saturated heterocycles. The fourth-order valence-corrected chi connectivity index (χ4v) is 2.87. The van der Waals surface area contributed by atoms with E-state index < -0.39 is 12.2 Å². The monoisotopic (exact) mass is 291 g/mol. The molecule has 1 aliphatic carbocycles. The van der Waals surface area contributed by atoms with Crippen LogP contribution in [0.25, 0.3) is 0 Å². The fourth-order valence-electron chi connectivity index (χ4n) is 2.87. The summed E-state index contributed by atoms with van der Waals surface area (Å²) in [5, 5.41) is 12.6. The van der Waals surface area contributed by atoms with Gasteiger partial charge in [-0.2, -0.15) is 0 Å². The van der Waals surface area contributed by atoms with Crippen LogP contribution in [0.15, 0.2) is 30.3 Å². The van der Waals surface area contributed by atoms with Crippen LogP contribution in [-0.2, 0) is 11.3 Å². The van der Waals surface area contributed by atoms with Gasteiger partial charge in [0.2, 0.25) is 0 Å². The van der Waals surface area contributed by atoms with Gasteiger partial charge in [0.1, 0.15) is 6.61 Å². The van der Waals surface area contributed by atoms with Crippen LogP contribution < -0.4 is 5.32 Å². The third-order valence-corrected chi connectivity index (χ3v) is 4.02. The molecule has 116 valence electrons. The number of alkyl carbamates (subject to hydrolysis) is 1. The van der Waals surface area contributed by atoms with Crippen molar-refractivity contribution < 1.29 is 14.6 Å². The van der Waals surface area contributed by atoms with Gasteiger partial charge in [0, 0.05) is 6.54 Å². The van der Waals surface area contributed by atoms with E-state index in [2.05, 4.69) is 5.32 Å². The first-order valence-corrected chi connectivity index (χ1v) is 7.86. The number of aliphatic hydroxyl groups is 1. The van der Waals surface area contributed by atoms with E-state index in [1.807, 2.05) is 30.3 Å². The molecule has 2 N–H and O–H groups in total. The number of aliphatic hydroxyl groups excluding tert-OH is 1. The number of hydrogen-bond acceptors (Lipinski definition) is 3. The van der Waals surface area contributed by atoms with E-state index >= 15 is 0 Å². The highest BCUT2D eigenvalue weighted by molar-refractivity contribution is 5.67. The first-order chi connectivity index (χ1) is 10.2. The molecule has 21 heavy (non-hydrogen) atoms. The number of ether oxygens (including phenoxy) is 1. The summed E-state index contributed by atoms with van der Waals surface area (Å²) in [6.07, 6.45) is 6.09. The largest absolute Gasteiger partial charge is 0.445 e. The maximum Gasteiger partial charge on any atom is 0.407 e. The van der Waals surface area contributed by atoms with E-state index in [0.29, 0.717) is 5.92 Å². The first kappa shape index (κ1) is 15.8. The third kappa shape index (κ3) is 6.17. The van der Waals surface area contributed by atoms with Gasteiger partial charge < -0.3 is 15.2 Å². The maximum absolute atomic E-state index is 11.6. The van der Waals surface area contributed by atoms with E-state index in [1.54, 1.807) is 0 Å². The Hall–Kier alpha value is -1.55. The molecule has 1 aliphatic rings. The topological polar surface area (TPSA) is 58.6 Å². The smallest absolute Gasteiger partial charge is 0.407 e. The summed E-state index contributed by atoms with van der Waals surface area (Å²) < 4.78 is 5.11. The van der Waals surface area contributed by atoms with E-state index in [4.69, 9.17) is 4.74 Å². The second kappa shape index (κ2) is 8.67. The van der Waals surface area contributed by atoms with Crippen molar-refractivity contribution in [3.63, 3.8) is 0 Å². The van der Waals surface area contributed by atoms with Crippen LogP contribution in [0.5, 0.6) is 0 Å². The molecular weight excluding hydrogens is 266 g/mol. The van der Waals surface area contributed by atoms with Crippen molar-refractivity contribution in [2.45, 2.75) is 51.2 Å². The van der Waals surface area contributed by atoms with Crippen LogP contribution >= 0.6 is 0 Å². The van der Waals surface area contributed by atoms with Crippen molar-refractivity contribution in [1.29, 1.82) is 0 Å². The summed E-state index contributed by atoms with van der Waals surface area (Å²) in [6, 6.07) is 9.55. The van der Waals surface area contributed by atoms with Gasteiger partial charge in [-0.3, -0.25) is 0 Å². The molecule has 0 aromatic heterocycles. The summed E-state index contributed by atoms with van der Waals surface area (Å²) in [5.41, 5.74) is 0.954. The van der Waals surface area contributed by atoms with Gasteiger partial charge in [-0.15, -0.1) is 0 Å². The number of benzene rings is 1. The van der Waals surface area contributed by atoms with E-state index in [-0.39, 0.29) is 13.2 Å². The van der Waals surface area contributed by atoms with Crippen LogP contribution in [0, 0.1) is 5.92 Å². The molecule has 0 aliphatic heterocycles. The summed E-state index contributed by atoms with van der Waals surface area (Å²) >= 11 is 0. The van der Waals surface area contributed by atoms with Crippen molar-refractivity contribution in [2.75, 3.05) is 6.54 Å². The second-order valence-corrected chi connectivity index (χ2v) is 5.84. The van der Waals surface area contributed by atoms with Gasteiger partial charge in [0.25, 0.3) is 0 Å². The minimum atomic E-state index is -0.475. The summed E-state index contributed by atoms with van der Waals surface area (Å²) in [4.78, 5) is 11.6. The number of amides is 1. The number of nitrogens with one attached hydrogen (secondary N) is 1. The van der Waals surface area contributed by atoms with Gasteiger partial charge in [0.15, 0.2) is 0 Å². The van der Waals surface area contributed by atoms with Crippen molar-refractivity contribution >= 4 is 6.09 Å². The average molecular weight is 291 g/mol. The van der Waals surface area contributed by atoms with Crippen molar-refractivity contribution in [3.8, 4) is 0 Å². The second-order valence-electron chi connectivity index (χ2n) is 5.84. The molecule has 1 saturated carbocycles. The van der Waals surface area contributed by atoms with Crippen LogP contribution in [0.4, 0.5) is 4.79 Å². The highest BCUT2D eigenvalue weighted by Gasteiger charge is 2.18. The first-order valence-electron chi connectivity index (χ1n) is 7.86. The van der Waals surface area contributed by atoms with E-state index in [9.17, 15) is 9.90 Å². The van der Waals surface area contributed by atoms with Gasteiger partial charge in [-0.05, 0) is 17.9 Å². The summed E-state index contributed by atoms with van der Waals surface area (Å²) in [5.74, 6) is 0.607. The number of rotatable bonds is 6. The highest BCUT2D eigenvalue weighted by atomic mass is 16.5. The van der Waals surface area contributed by atoms with Crippen LogP contribution in [0.1, 0.15) is 44.1 Å². The van der Waals surface area contributed by atoms with Crippen LogP contribution in [-0.4, -0.2) is 23.8 Å². The molecule has 0 radical (unpaired) electrons. The van der Waals surface area contributed by atoms with Crippen LogP contribution in [0.2, 0.25) is 0 Å². The lowest BCUT2D eigenvalue weighted by Gasteiger charge is -2.24. The SMILES string of the molecule is O=C(NCC(O)CC1CCCCC1)OCc1ccccc1. The number of carbonyl (C=O) groups excluding carboxylic acids is 1.